The number of phenols is 4. The number of nitrogens with two attached hydrogens (primary N) is 2. The number of aryl methyl sites for hydroxylation is 1. The minimum Gasteiger partial charge on any atom is -0.508 e. The quantitative estimate of drug-likeness (QED) is 0.0569. The van der Waals surface area contributed by atoms with Crippen LogP contribution in [0.5, 0.6) is 34.5 Å². The fourth-order valence-corrected chi connectivity index (χ4v) is 11.5. The number of oxazole rings is 1. The van der Waals surface area contributed by atoms with Crippen LogP contribution < -0.4 is 42.2 Å². The summed E-state index contributed by atoms with van der Waals surface area (Å²) in [4.78, 5) is 38.0. The van der Waals surface area contributed by atoms with Gasteiger partial charge in [0.05, 0.1) is 43.2 Å². The van der Waals surface area contributed by atoms with Crippen molar-refractivity contribution in [1.82, 2.24) is 29.9 Å². The van der Waals surface area contributed by atoms with Crippen molar-refractivity contribution in [2.45, 2.75) is 6.92 Å². The molecule has 12 aromatic rings. The third kappa shape index (κ3) is 13.2. The van der Waals surface area contributed by atoms with Crippen LogP contribution in [0.1, 0.15) is 16.2 Å². The largest absolute Gasteiger partial charge is 0.508 e. The Hall–Kier alpha value is -9.53. The topological polar surface area (TPSA) is 307 Å². The monoisotopic (exact) mass is 1160 g/mol. The second kappa shape index (κ2) is 24.4. The molecule has 0 spiro atoms. The zero-order valence-corrected chi connectivity index (χ0v) is 46.2. The summed E-state index contributed by atoms with van der Waals surface area (Å²) in [6, 6.07) is 35.7. The number of benzene rings is 6. The fourth-order valence-electron chi connectivity index (χ4n) is 7.51. The van der Waals surface area contributed by atoms with E-state index < -0.39 is 0 Å². The second-order valence-electron chi connectivity index (χ2n) is 17.0. The first-order valence-corrected chi connectivity index (χ1v) is 28.2. The Bertz CT molecular complexity index is 4020. The molecule has 0 radical (unpaired) electrons. The number of amides is 1. The summed E-state index contributed by atoms with van der Waals surface area (Å²) in [6.07, 6.45) is 1.25. The lowest BCUT2D eigenvalue weighted by Gasteiger charge is -2.18. The van der Waals surface area contributed by atoms with Crippen LogP contribution >= 0.6 is 56.7 Å². The lowest BCUT2D eigenvalue weighted by atomic mass is 10.1. The van der Waals surface area contributed by atoms with Gasteiger partial charge in [0.25, 0.3) is 5.91 Å². The number of ether oxygens (including phenoxy) is 2. The lowest BCUT2D eigenvalue weighted by Crippen LogP contribution is -2.15. The molecule has 1 aliphatic heterocycles. The molecule has 20 nitrogen and oxygen atoms in total. The molecule has 404 valence electrons. The molecule has 0 saturated heterocycles. The van der Waals surface area contributed by atoms with Crippen molar-refractivity contribution in [2.24, 2.45) is 0 Å². The molecular weight excluding hydrogens is 1120 g/mol. The van der Waals surface area contributed by atoms with Gasteiger partial charge in [0.1, 0.15) is 36.2 Å². The minimum atomic E-state index is -0.339. The van der Waals surface area contributed by atoms with E-state index in [1.807, 2.05) is 101 Å². The Morgan fingerprint density at radius 2 is 1.14 bits per heavy atom. The van der Waals surface area contributed by atoms with Crippen molar-refractivity contribution >= 4 is 126 Å². The highest BCUT2D eigenvalue weighted by molar-refractivity contribution is 7.24. The van der Waals surface area contributed by atoms with Gasteiger partial charge in [-0.2, -0.15) is 0 Å². The molecule has 25 heteroatoms. The van der Waals surface area contributed by atoms with Crippen molar-refractivity contribution < 1.29 is 39.1 Å². The van der Waals surface area contributed by atoms with Gasteiger partial charge in [0.2, 0.25) is 5.76 Å². The molecule has 0 atom stereocenters. The summed E-state index contributed by atoms with van der Waals surface area (Å²) in [5.74, 6) is 1.39. The first-order chi connectivity index (χ1) is 38.8. The van der Waals surface area contributed by atoms with Crippen molar-refractivity contribution in [3.8, 4) is 68.3 Å². The summed E-state index contributed by atoms with van der Waals surface area (Å²) >= 11 is 7.37. The number of nitrogen functional groups attached to an aromatic ring is 2. The number of phenolic OH excluding ortho intramolecular Hbond substituents is 4. The minimum absolute atomic E-state index is 0.00817. The van der Waals surface area contributed by atoms with E-state index in [4.69, 9.17) is 30.5 Å². The zero-order chi connectivity index (χ0) is 55.7. The number of anilines is 8. The summed E-state index contributed by atoms with van der Waals surface area (Å²) < 4.78 is 18.2. The number of rotatable bonds is 10. The van der Waals surface area contributed by atoms with E-state index >= 15 is 0 Å². The Labute approximate surface area is 475 Å². The molecule has 0 saturated carbocycles. The SMILES string of the molecule is CNc1nc(-c2ccc(O)cc2O)cs1.Cc1ncoc1C(=O)Nc1nc(-c2ccccc2)cs1.Nc1ccc2nc(Nc3nc4ccc(N)cc4s3)sc2c1.Oc1ccc(-c2csc(Nc3ccc4c(c3)OCCO4)n2)c(O)c1. The number of thiazole rings is 5. The van der Waals surface area contributed by atoms with E-state index in [-0.39, 0.29) is 34.7 Å². The van der Waals surface area contributed by atoms with Crippen LogP contribution in [-0.4, -0.2) is 76.5 Å². The predicted molar refractivity (Wildman–Crippen MR) is 320 cm³/mol. The van der Waals surface area contributed by atoms with Crippen LogP contribution in [0.2, 0.25) is 0 Å². The number of aromatic nitrogens is 6. The Kier molecular flexibility index (Phi) is 16.4. The van der Waals surface area contributed by atoms with Crippen LogP contribution in [-0.2, 0) is 0 Å². The van der Waals surface area contributed by atoms with Gasteiger partial charge in [0, 0.05) is 75.1 Å². The molecule has 7 heterocycles. The third-order valence-corrected chi connectivity index (χ3v) is 15.6. The van der Waals surface area contributed by atoms with Gasteiger partial charge in [-0.25, -0.2) is 29.9 Å². The number of nitrogens with zero attached hydrogens (tertiary/aromatic N) is 6. The molecule has 12 N–H and O–H groups in total. The highest BCUT2D eigenvalue weighted by Crippen LogP contribution is 2.39. The Balaban J connectivity index is 0.000000122. The fraction of sp³-hybridized carbons (Fsp3) is 0.0727. The highest BCUT2D eigenvalue weighted by Gasteiger charge is 2.17. The highest BCUT2D eigenvalue weighted by atomic mass is 32.1. The van der Waals surface area contributed by atoms with E-state index in [1.54, 1.807) is 48.8 Å². The molecule has 1 aliphatic rings. The number of carbonyl (C=O) groups is 1. The Morgan fingerprint density at radius 1 is 0.575 bits per heavy atom. The van der Waals surface area contributed by atoms with Crippen LogP contribution in [0.4, 0.5) is 42.7 Å². The number of nitrogens with one attached hydrogen (secondary N) is 4. The second-order valence-corrected chi connectivity index (χ2v) is 21.6. The van der Waals surface area contributed by atoms with Crippen LogP contribution in [0.25, 0.3) is 54.2 Å². The average molecular weight is 1160 g/mol. The summed E-state index contributed by atoms with van der Waals surface area (Å²) in [7, 11) is 1.79. The van der Waals surface area contributed by atoms with Gasteiger partial charge >= 0.3 is 0 Å². The van der Waals surface area contributed by atoms with Gasteiger partial charge < -0.3 is 61.7 Å². The van der Waals surface area contributed by atoms with Crippen molar-refractivity contribution in [3.05, 3.63) is 155 Å². The number of hydrogen-bond acceptors (Lipinski definition) is 24. The van der Waals surface area contributed by atoms with Crippen LogP contribution in [0.15, 0.2) is 148 Å². The van der Waals surface area contributed by atoms with E-state index in [2.05, 4.69) is 51.2 Å². The molecule has 0 bridgehead atoms. The predicted octanol–water partition coefficient (Wildman–Crippen LogP) is 13.2. The molecule has 6 aromatic carbocycles. The van der Waals surface area contributed by atoms with Gasteiger partial charge in [0.15, 0.2) is 43.6 Å². The number of fused-ring (bicyclic) bond motifs is 3. The van der Waals surface area contributed by atoms with Gasteiger partial charge in [-0.05, 0) is 79.7 Å². The lowest BCUT2D eigenvalue weighted by molar-refractivity contribution is 0.0995. The average Bonchev–Trinajstić information content (AvgIpc) is 4.35. The van der Waals surface area contributed by atoms with Crippen molar-refractivity contribution in [2.75, 3.05) is 53.0 Å². The van der Waals surface area contributed by atoms with E-state index in [9.17, 15) is 20.1 Å². The molecule has 0 fully saturated rings. The smallest absolute Gasteiger partial charge is 0.295 e. The molecule has 0 aliphatic carbocycles. The summed E-state index contributed by atoms with van der Waals surface area (Å²) in [5.41, 5.74) is 20.7. The van der Waals surface area contributed by atoms with Crippen LogP contribution in [0, 0.1) is 6.92 Å². The van der Waals surface area contributed by atoms with Gasteiger partial charge in [-0.15, -0.1) is 34.0 Å². The van der Waals surface area contributed by atoms with Gasteiger partial charge in [-0.3, -0.25) is 10.1 Å². The summed E-state index contributed by atoms with van der Waals surface area (Å²) in [5, 5.41) is 59.4. The first-order valence-electron chi connectivity index (χ1n) is 23.9. The maximum atomic E-state index is 12.0. The third-order valence-electron chi connectivity index (χ3n) is 11.3. The van der Waals surface area contributed by atoms with Crippen molar-refractivity contribution in [3.63, 3.8) is 0 Å². The number of carbonyl (C=O) groups excluding carboxylic acids is 1. The number of hydrogen-bond donors (Lipinski definition) is 10. The van der Waals surface area contributed by atoms with Crippen LogP contribution in [0.3, 0.4) is 0 Å². The molecular formula is C55H46N12O8S5. The van der Waals surface area contributed by atoms with E-state index in [0.29, 0.717) is 57.4 Å². The molecule has 0 unspecified atom stereocenters. The zero-order valence-electron chi connectivity index (χ0n) is 42.1. The normalized spacial score (nSPS) is 11.3. The maximum Gasteiger partial charge on any atom is 0.295 e. The molecule has 80 heavy (non-hydrogen) atoms. The van der Waals surface area contributed by atoms with Gasteiger partial charge in [-0.1, -0.05) is 53.0 Å². The Morgan fingerprint density at radius 3 is 1.71 bits per heavy atom. The molecule has 13 rings (SSSR count). The molecule has 1 amide bonds. The molecule has 6 aromatic heterocycles. The number of aromatic hydroxyl groups is 4. The van der Waals surface area contributed by atoms with Crippen molar-refractivity contribution in [1.29, 1.82) is 0 Å². The first kappa shape index (κ1) is 53.9. The van der Waals surface area contributed by atoms with E-state index in [1.165, 1.54) is 64.7 Å². The standard InChI is InChI=1S/C17H14N2O4S.C14H11N5S2.C14H11N3O2S.C10H10N2O2S/c20-11-2-3-12(14(21)8-11)13-9-24-17(19-13)18-10-1-4-15-16(7-10)23-6-5-22-15;15-7-1-3-9-11(5-7)20-13(17-9)19-14-18-10-4-2-8(16)6-12(10)21-14;1-9-12(19-8-15-9)13(18)17-14-16-11(7-20-14)10-5-3-2-4-6-10;1-11-10-12-8(5-15-10)7-3-2-6(13)4-9(7)14/h1-4,7-9,20-21H,5-6H2,(H,18,19);1-6H,15-16H2,(H,17,18,19);2-8H,1H3,(H,16,17,18);2-5,13-14H,1H3,(H,11,12). The van der Waals surface area contributed by atoms with E-state index in [0.717, 1.165) is 69.9 Å². The summed E-state index contributed by atoms with van der Waals surface area (Å²) in [6.45, 7) is 2.82. The maximum absolute atomic E-state index is 12.0.